The number of sulfone groups is 1. The lowest BCUT2D eigenvalue weighted by Gasteiger charge is -2.15. The average Bonchev–Trinajstić information content (AvgIpc) is 2.62. The molecule has 0 aliphatic rings. The molecule has 136 valence electrons. The summed E-state index contributed by atoms with van der Waals surface area (Å²) in [4.78, 5) is 11.6. The lowest BCUT2D eigenvalue weighted by Crippen LogP contribution is -2.22. The van der Waals surface area contributed by atoms with Crippen LogP contribution in [0.15, 0.2) is 53.4 Å². The maximum Gasteiger partial charge on any atom is 0.326 e. The maximum absolute atomic E-state index is 12.8. The van der Waals surface area contributed by atoms with Crippen LogP contribution < -0.4 is 9.47 Å². The average molecular weight is 374 g/mol. The molecule has 0 aromatic heterocycles. The molecule has 0 spiro atoms. The second kappa shape index (κ2) is 8.41. The predicted octanol–water partition coefficient (Wildman–Crippen LogP) is 2.70. The number of hydrogen-bond acceptors (Lipinski definition) is 5. The SMILES string of the molecule is CC#CCOc1ccc(S(=O)(=O)C(C(=O)O)c2ccc(OC)cc2)cc1. The largest absolute Gasteiger partial charge is 0.497 e. The molecular weight excluding hydrogens is 356 g/mol. The Balaban J connectivity index is 2.34. The van der Waals surface area contributed by atoms with E-state index in [0.717, 1.165) is 0 Å². The highest BCUT2D eigenvalue weighted by molar-refractivity contribution is 7.92. The zero-order valence-corrected chi connectivity index (χ0v) is 15.1. The lowest BCUT2D eigenvalue weighted by atomic mass is 10.1. The summed E-state index contributed by atoms with van der Waals surface area (Å²) in [6.45, 7) is 1.87. The highest BCUT2D eigenvalue weighted by atomic mass is 32.2. The quantitative estimate of drug-likeness (QED) is 0.750. The number of hydrogen-bond donors (Lipinski definition) is 1. The van der Waals surface area contributed by atoms with Crippen LogP contribution >= 0.6 is 0 Å². The molecule has 0 saturated carbocycles. The molecule has 6 nitrogen and oxygen atoms in total. The van der Waals surface area contributed by atoms with E-state index in [1.807, 2.05) is 0 Å². The Morgan fingerprint density at radius 3 is 2.15 bits per heavy atom. The van der Waals surface area contributed by atoms with Crippen LogP contribution in [0.25, 0.3) is 0 Å². The van der Waals surface area contributed by atoms with E-state index >= 15 is 0 Å². The van der Waals surface area contributed by atoms with Crippen molar-refractivity contribution in [1.29, 1.82) is 0 Å². The fraction of sp³-hybridized carbons (Fsp3) is 0.211. The fourth-order valence-electron chi connectivity index (χ4n) is 2.29. The van der Waals surface area contributed by atoms with Crippen molar-refractivity contribution in [3.63, 3.8) is 0 Å². The van der Waals surface area contributed by atoms with Gasteiger partial charge in [0.1, 0.15) is 18.1 Å². The summed E-state index contributed by atoms with van der Waals surface area (Å²) in [6.07, 6.45) is 0. The Bertz CT molecular complexity index is 919. The molecule has 26 heavy (non-hydrogen) atoms. The Kier molecular flexibility index (Phi) is 6.26. The molecule has 2 aromatic rings. The fourth-order valence-corrected chi connectivity index (χ4v) is 3.85. The highest BCUT2D eigenvalue weighted by Gasteiger charge is 2.35. The number of ether oxygens (including phenoxy) is 2. The van der Waals surface area contributed by atoms with Gasteiger partial charge in [-0.15, -0.1) is 5.92 Å². The summed E-state index contributed by atoms with van der Waals surface area (Å²) < 4.78 is 36.0. The molecule has 0 amide bonds. The van der Waals surface area contributed by atoms with Gasteiger partial charge in [0.05, 0.1) is 12.0 Å². The lowest BCUT2D eigenvalue weighted by molar-refractivity contribution is -0.136. The van der Waals surface area contributed by atoms with E-state index in [-0.39, 0.29) is 17.1 Å². The monoisotopic (exact) mass is 374 g/mol. The minimum atomic E-state index is -4.14. The van der Waals surface area contributed by atoms with Crippen molar-refractivity contribution in [2.75, 3.05) is 13.7 Å². The summed E-state index contributed by atoms with van der Waals surface area (Å²) >= 11 is 0. The van der Waals surface area contributed by atoms with Crippen molar-refractivity contribution in [1.82, 2.24) is 0 Å². The topological polar surface area (TPSA) is 89.9 Å². The van der Waals surface area contributed by atoms with E-state index in [0.29, 0.717) is 11.5 Å². The molecule has 2 rings (SSSR count). The van der Waals surface area contributed by atoms with E-state index in [2.05, 4.69) is 11.8 Å². The standard InChI is InChI=1S/C19H18O6S/c1-3-4-13-25-16-9-11-17(12-10-16)26(22,23)18(19(20)21)14-5-7-15(24-2)8-6-14/h5-12,18H,13H2,1-2H3,(H,20,21). The predicted molar refractivity (Wildman–Crippen MR) is 95.9 cm³/mol. The van der Waals surface area contributed by atoms with Gasteiger partial charge in [-0.05, 0) is 48.9 Å². The highest BCUT2D eigenvalue weighted by Crippen LogP contribution is 2.31. The van der Waals surface area contributed by atoms with E-state index in [1.165, 1.54) is 55.6 Å². The smallest absolute Gasteiger partial charge is 0.326 e. The molecule has 0 saturated heterocycles. The first-order chi connectivity index (χ1) is 12.4. The molecule has 0 aliphatic carbocycles. The normalized spacial score (nSPS) is 11.8. The second-order valence-electron chi connectivity index (χ2n) is 5.22. The van der Waals surface area contributed by atoms with Crippen LogP contribution in [0, 0.1) is 11.8 Å². The van der Waals surface area contributed by atoms with Gasteiger partial charge in [0, 0.05) is 0 Å². The minimum Gasteiger partial charge on any atom is -0.497 e. The summed E-state index contributed by atoms with van der Waals surface area (Å²) in [7, 11) is -2.67. The van der Waals surface area contributed by atoms with Crippen LogP contribution in [-0.4, -0.2) is 33.2 Å². The van der Waals surface area contributed by atoms with Crippen molar-refractivity contribution < 1.29 is 27.8 Å². The molecule has 0 heterocycles. The third-order valence-electron chi connectivity index (χ3n) is 3.59. The molecule has 2 aromatic carbocycles. The third kappa shape index (κ3) is 4.35. The Labute approximate surface area is 152 Å². The number of carboxylic acids is 1. The molecule has 1 N–H and O–H groups in total. The second-order valence-corrected chi connectivity index (χ2v) is 7.26. The molecule has 0 fully saturated rings. The first-order valence-corrected chi connectivity index (χ1v) is 9.18. The number of aliphatic carboxylic acids is 1. The third-order valence-corrected chi connectivity index (χ3v) is 5.62. The molecule has 7 heteroatoms. The number of carboxylic acid groups (broad SMARTS) is 1. The molecule has 0 bridgehead atoms. The van der Waals surface area contributed by atoms with Crippen LogP contribution in [-0.2, 0) is 14.6 Å². The van der Waals surface area contributed by atoms with Gasteiger partial charge in [-0.25, -0.2) is 8.42 Å². The molecular formula is C19H18O6S. The van der Waals surface area contributed by atoms with Crippen molar-refractivity contribution >= 4 is 15.8 Å². The van der Waals surface area contributed by atoms with Crippen LogP contribution in [0.4, 0.5) is 0 Å². The molecule has 1 unspecified atom stereocenters. The van der Waals surface area contributed by atoms with Crippen molar-refractivity contribution in [2.45, 2.75) is 17.1 Å². The van der Waals surface area contributed by atoms with E-state index in [1.54, 1.807) is 6.92 Å². The zero-order valence-electron chi connectivity index (χ0n) is 14.3. The summed E-state index contributed by atoms with van der Waals surface area (Å²) in [5.74, 6) is 4.91. The number of carbonyl (C=O) groups is 1. The molecule has 1 atom stereocenters. The van der Waals surface area contributed by atoms with Crippen LogP contribution in [0.2, 0.25) is 0 Å². The Morgan fingerprint density at radius 2 is 1.65 bits per heavy atom. The van der Waals surface area contributed by atoms with E-state index < -0.39 is 21.1 Å². The van der Waals surface area contributed by atoms with Crippen LogP contribution in [0.5, 0.6) is 11.5 Å². The van der Waals surface area contributed by atoms with Gasteiger partial charge in [-0.1, -0.05) is 18.1 Å². The summed E-state index contributed by atoms with van der Waals surface area (Å²) in [5, 5.41) is 7.78. The molecule has 0 aliphatic heterocycles. The van der Waals surface area contributed by atoms with Gasteiger partial charge in [0.2, 0.25) is 0 Å². The van der Waals surface area contributed by atoms with Gasteiger partial charge in [0.25, 0.3) is 0 Å². The number of benzene rings is 2. The van der Waals surface area contributed by atoms with Gasteiger partial charge in [0.15, 0.2) is 15.1 Å². The van der Waals surface area contributed by atoms with Crippen molar-refractivity contribution in [3.05, 3.63) is 54.1 Å². The van der Waals surface area contributed by atoms with E-state index in [9.17, 15) is 18.3 Å². The van der Waals surface area contributed by atoms with Crippen LogP contribution in [0.1, 0.15) is 17.7 Å². The Morgan fingerprint density at radius 1 is 1.08 bits per heavy atom. The van der Waals surface area contributed by atoms with Gasteiger partial charge in [-0.3, -0.25) is 4.79 Å². The first-order valence-electron chi connectivity index (χ1n) is 7.63. The molecule has 0 radical (unpaired) electrons. The van der Waals surface area contributed by atoms with E-state index in [4.69, 9.17) is 9.47 Å². The van der Waals surface area contributed by atoms with Crippen LogP contribution in [0.3, 0.4) is 0 Å². The first kappa shape index (κ1) is 19.3. The van der Waals surface area contributed by atoms with Gasteiger partial charge in [-0.2, -0.15) is 0 Å². The number of rotatable bonds is 7. The number of methoxy groups -OCH3 is 1. The van der Waals surface area contributed by atoms with Gasteiger partial charge < -0.3 is 14.6 Å². The maximum atomic E-state index is 12.8. The zero-order chi connectivity index (χ0) is 19.2. The van der Waals surface area contributed by atoms with Crippen molar-refractivity contribution in [2.24, 2.45) is 0 Å². The van der Waals surface area contributed by atoms with Crippen molar-refractivity contribution in [3.8, 4) is 23.3 Å². The summed E-state index contributed by atoms with van der Waals surface area (Å²) in [5.41, 5.74) is 0.150. The summed E-state index contributed by atoms with van der Waals surface area (Å²) in [6, 6.07) is 11.5. The minimum absolute atomic E-state index is 0.102. The Hall–Kier alpha value is -2.98. The van der Waals surface area contributed by atoms with Gasteiger partial charge >= 0.3 is 5.97 Å².